The van der Waals surface area contributed by atoms with Gasteiger partial charge in [-0.3, -0.25) is 0 Å². The van der Waals surface area contributed by atoms with E-state index in [9.17, 15) is 4.89 Å². The van der Waals surface area contributed by atoms with Crippen LogP contribution in [0.3, 0.4) is 0 Å². The summed E-state index contributed by atoms with van der Waals surface area (Å²) in [5, 5.41) is 0. The van der Waals surface area contributed by atoms with Gasteiger partial charge in [-0.2, -0.15) is 0 Å². The summed E-state index contributed by atoms with van der Waals surface area (Å²) < 4.78 is 10.5. The molecule has 0 aliphatic heterocycles. The Labute approximate surface area is 78.4 Å². The molecule has 0 aromatic rings. The molecule has 0 heterocycles. The third-order valence-electron chi connectivity index (χ3n) is 0.697. The minimum Gasteiger partial charge on any atom is -0.787 e. The van der Waals surface area contributed by atoms with Crippen molar-refractivity contribution in [2.75, 3.05) is 0 Å². The summed E-state index contributed by atoms with van der Waals surface area (Å²) in [7, 11) is -5.30. The molecule has 0 atom stereocenters. The molecule has 0 aliphatic carbocycles. The van der Waals surface area contributed by atoms with Crippen molar-refractivity contribution < 1.29 is 13.3 Å². The minimum atomic E-state index is -1.88. The molecular formula is C6H18O3PSi2-. The Kier molecular flexibility index (Phi) is 4.57. The number of rotatable bonds is 4. The number of hydrogen-bond acceptors (Lipinski definition) is 3. The molecule has 0 aromatic carbocycles. The predicted molar refractivity (Wildman–Crippen MR) is 55.8 cm³/mol. The molecule has 0 N–H and O–H groups in total. The fourth-order valence-corrected chi connectivity index (χ4v) is 4.53. The third-order valence-corrected chi connectivity index (χ3v) is 6.27. The van der Waals surface area contributed by atoms with Gasteiger partial charge in [0, 0.05) is 0 Å². The van der Waals surface area contributed by atoms with Crippen molar-refractivity contribution in [1.29, 1.82) is 0 Å². The molecule has 0 radical (unpaired) electrons. The van der Waals surface area contributed by atoms with Crippen LogP contribution in [-0.4, -0.2) is 16.6 Å². The van der Waals surface area contributed by atoms with Crippen molar-refractivity contribution in [1.82, 2.24) is 0 Å². The molecule has 0 fully saturated rings. The Morgan fingerprint density at radius 1 is 0.833 bits per heavy atom. The molecule has 3 nitrogen and oxygen atoms in total. The molecule has 6 heteroatoms. The van der Waals surface area contributed by atoms with Crippen molar-refractivity contribution >= 4 is 25.2 Å². The van der Waals surface area contributed by atoms with Gasteiger partial charge in [0.1, 0.15) is 0 Å². The molecule has 0 amide bonds. The van der Waals surface area contributed by atoms with Gasteiger partial charge < -0.3 is 13.3 Å². The Hall–Kier alpha value is 0.744. The Bertz CT molecular complexity index is 125. The molecule has 74 valence electrons. The van der Waals surface area contributed by atoms with E-state index in [2.05, 4.69) is 0 Å². The lowest BCUT2D eigenvalue weighted by Crippen LogP contribution is -2.30. The maximum absolute atomic E-state index is 11.2. The molecule has 12 heavy (non-hydrogen) atoms. The average molecular weight is 225 g/mol. The highest BCUT2D eigenvalue weighted by Crippen LogP contribution is 2.35. The summed E-state index contributed by atoms with van der Waals surface area (Å²) in [6.45, 7) is 12.0. The Morgan fingerprint density at radius 2 is 1.08 bits per heavy atom. The SMILES string of the molecule is C[Si](C)(C)OP([O-])O[Si](C)(C)C. The van der Waals surface area contributed by atoms with Crippen LogP contribution in [0, 0.1) is 0 Å². The van der Waals surface area contributed by atoms with E-state index < -0.39 is 25.2 Å². The molecule has 0 saturated carbocycles. The maximum Gasteiger partial charge on any atom is 0.190 e. The van der Waals surface area contributed by atoms with Gasteiger partial charge in [0.05, 0.1) is 8.60 Å². The fraction of sp³-hybridized carbons (Fsp3) is 1.00. The lowest BCUT2D eigenvalue weighted by atomic mass is 11.8. The molecule has 0 saturated heterocycles. The minimum absolute atomic E-state index is 1.71. The monoisotopic (exact) mass is 225 g/mol. The van der Waals surface area contributed by atoms with E-state index in [-0.39, 0.29) is 0 Å². The maximum atomic E-state index is 11.2. The first-order valence-electron chi connectivity index (χ1n) is 3.96. The van der Waals surface area contributed by atoms with Gasteiger partial charge in [0.2, 0.25) is 0 Å². The third kappa shape index (κ3) is 8.84. The molecule has 0 rings (SSSR count). The van der Waals surface area contributed by atoms with Crippen molar-refractivity contribution in [3.63, 3.8) is 0 Å². The van der Waals surface area contributed by atoms with Crippen molar-refractivity contribution in [2.45, 2.75) is 39.3 Å². The van der Waals surface area contributed by atoms with Crippen LogP contribution in [0.5, 0.6) is 0 Å². The van der Waals surface area contributed by atoms with E-state index in [0.29, 0.717) is 0 Å². The van der Waals surface area contributed by atoms with Gasteiger partial charge in [-0.1, -0.05) is 0 Å². The van der Waals surface area contributed by atoms with Crippen molar-refractivity contribution in [2.24, 2.45) is 0 Å². The molecule has 0 aliphatic rings. The Morgan fingerprint density at radius 3 is 1.25 bits per heavy atom. The van der Waals surface area contributed by atoms with Crippen LogP contribution < -0.4 is 4.89 Å². The van der Waals surface area contributed by atoms with Crippen LogP contribution in [0.4, 0.5) is 0 Å². The van der Waals surface area contributed by atoms with Crippen LogP contribution in [0.25, 0.3) is 0 Å². The normalized spacial score (nSPS) is 14.0. The number of hydrogen-bond donors (Lipinski definition) is 0. The highest BCUT2D eigenvalue weighted by molar-refractivity contribution is 7.43. The van der Waals surface area contributed by atoms with Crippen molar-refractivity contribution in [3.05, 3.63) is 0 Å². The summed E-state index contributed by atoms with van der Waals surface area (Å²) in [6.07, 6.45) is 0. The molecule has 0 unspecified atom stereocenters. The van der Waals surface area contributed by atoms with Crippen LogP contribution in [0.1, 0.15) is 0 Å². The van der Waals surface area contributed by atoms with E-state index in [0.717, 1.165) is 0 Å². The zero-order chi connectivity index (χ0) is 9.99. The van der Waals surface area contributed by atoms with Crippen LogP contribution in [0.2, 0.25) is 39.3 Å². The fourth-order valence-electron chi connectivity index (χ4n) is 0.466. The van der Waals surface area contributed by atoms with Gasteiger partial charge in [-0.25, -0.2) is 0 Å². The van der Waals surface area contributed by atoms with E-state index in [4.69, 9.17) is 8.43 Å². The van der Waals surface area contributed by atoms with Crippen LogP contribution >= 0.6 is 8.60 Å². The van der Waals surface area contributed by atoms with Gasteiger partial charge in [0.15, 0.2) is 16.6 Å². The van der Waals surface area contributed by atoms with Crippen molar-refractivity contribution in [3.8, 4) is 0 Å². The lowest BCUT2D eigenvalue weighted by molar-refractivity contribution is -0.190. The largest absolute Gasteiger partial charge is 0.787 e. The quantitative estimate of drug-likeness (QED) is 0.544. The first kappa shape index (κ1) is 12.7. The van der Waals surface area contributed by atoms with E-state index in [1.165, 1.54) is 0 Å². The second-order valence-electron chi connectivity index (χ2n) is 4.63. The molecule has 0 bridgehead atoms. The van der Waals surface area contributed by atoms with Gasteiger partial charge in [0.25, 0.3) is 0 Å². The summed E-state index contributed by atoms with van der Waals surface area (Å²) in [5.74, 6) is 0. The standard InChI is InChI=1S/C6H18O3PSi2/c1-11(2,3)8-10(7)9-12(4,5)6/h1-6H3/q-1. The van der Waals surface area contributed by atoms with Crippen LogP contribution in [-0.2, 0) is 8.43 Å². The summed E-state index contributed by atoms with van der Waals surface area (Å²) in [5.41, 5.74) is 0. The molecular weight excluding hydrogens is 207 g/mol. The summed E-state index contributed by atoms with van der Waals surface area (Å²) >= 11 is 0. The zero-order valence-electron chi connectivity index (χ0n) is 8.67. The molecule has 0 aromatic heterocycles. The average Bonchev–Trinajstić information content (AvgIpc) is 1.49. The summed E-state index contributed by atoms with van der Waals surface area (Å²) in [6, 6.07) is 0. The topological polar surface area (TPSA) is 41.5 Å². The smallest absolute Gasteiger partial charge is 0.190 e. The first-order valence-corrected chi connectivity index (χ1v) is 11.9. The van der Waals surface area contributed by atoms with Gasteiger partial charge in [-0.05, 0) is 39.3 Å². The highest BCUT2D eigenvalue weighted by Gasteiger charge is 2.21. The molecule has 0 spiro atoms. The second-order valence-corrected chi connectivity index (χ2v) is 15.0. The summed E-state index contributed by atoms with van der Waals surface area (Å²) in [4.78, 5) is 11.2. The highest BCUT2D eigenvalue weighted by atomic mass is 31.2. The van der Waals surface area contributed by atoms with Crippen LogP contribution in [0.15, 0.2) is 0 Å². The lowest BCUT2D eigenvalue weighted by Gasteiger charge is -2.34. The second kappa shape index (κ2) is 4.31. The van der Waals surface area contributed by atoms with Gasteiger partial charge in [-0.15, -0.1) is 0 Å². The van der Waals surface area contributed by atoms with E-state index in [1.54, 1.807) is 0 Å². The predicted octanol–water partition coefficient (Wildman–Crippen LogP) is 2.28. The zero-order valence-corrected chi connectivity index (χ0v) is 11.6. The Balaban J connectivity index is 3.83. The van der Waals surface area contributed by atoms with E-state index in [1.807, 2.05) is 39.3 Å². The van der Waals surface area contributed by atoms with E-state index >= 15 is 0 Å². The van der Waals surface area contributed by atoms with Gasteiger partial charge >= 0.3 is 0 Å². The first-order chi connectivity index (χ1) is 5.10.